The number of aromatic nitrogens is 6. The van der Waals surface area contributed by atoms with Crippen molar-refractivity contribution in [2.45, 2.75) is 67.2 Å². The first-order valence-corrected chi connectivity index (χ1v) is 39.6. The van der Waals surface area contributed by atoms with Crippen molar-refractivity contribution in [3.05, 3.63) is 336 Å². The highest BCUT2D eigenvalue weighted by Crippen LogP contribution is 2.49. The van der Waals surface area contributed by atoms with Gasteiger partial charge in [0.1, 0.15) is 22.7 Å². The molecule has 0 spiro atoms. The monoisotopic (exact) mass is 1600 g/mol. The molecule has 12 nitrogen and oxygen atoms in total. The molecule has 0 bridgehead atoms. The van der Waals surface area contributed by atoms with Crippen LogP contribution in [0.25, 0.3) is 100 Å². The van der Waals surface area contributed by atoms with Crippen LogP contribution >= 0.6 is 22.6 Å². The maximum Gasteiger partial charge on any atom is 0.252 e. The van der Waals surface area contributed by atoms with E-state index in [-0.39, 0.29) is 39.1 Å². The zero-order valence-corrected chi connectivity index (χ0v) is 65.2. The van der Waals surface area contributed by atoms with Gasteiger partial charge >= 0.3 is 0 Å². The Balaban J connectivity index is 0.000000142. The Hall–Kier alpha value is -13.2. The van der Waals surface area contributed by atoms with Crippen molar-refractivity contribution in [2.24, 2.45) is 0 Å². The summed E-state index contributed by atoms with van der Waals surface area (Å²) in [7, 11) is 0. The first-order valence-electron chi connectivity index (χ1n) is 38.5. The molecular weight excluding hydrogens is 1520 g/mol. The van der Waals surface area contributed by atoms with Crippen LogP contribution in [0.5, 0.6) is 0 Å². The number of nitrogens with one attached hydrogen (secondary N) is 2. The lowest BCUT2D eigenvalue weighted by molar-refractivity contribution is 0.590. The van der Waals surface area contributed by atoms with E-state index in [9.17, 15) is 0 Å². The smallest absolute Gasteiger partial charge is 0.252 e. The van der Waals surface area contributed by atoms with Crippen molar-refractivity contribution in [1.29, 1.82) is 0 Å². The van der Waals surface area contributed by atoms with Gasteiger partial charge in [0.25, 0.3) is 13.4 Å². The molecule has 10 heterocycles. The number of oxazole rings is 2. The molecule has 0 amide bonds. The highest BCUT2D eigenvalue weighted by molar-refractivity contribution is 14.1. The lowest BCUT2D eigenvalue weighted by Gasteiger charge is -2.45. The van der Waals surface area contributed by atoms with E-state index < -0.39 is 0 Å². The summed E-state index contributed by atoms with van der Waals surface area (Å²) in [5, 5.41) is 12.5. The van der Waals surface area contributed by atoms with Crippen LogP contribution in [0.4, 0.5) is 56.9 Å². The van der Waals surface area contributed by atoms with Crippen molar-refractivity contribution in [1.82, 2.24) is 29.1 Å². The zero-order valence-electron chi connectivity index (χ0n) is 63.0. The molecular formula is C100H81B2IN10O2. The van der Waals surface area contributed by atoms with Crippen LogP contribution in [-0.4, -0.2) is 42.5 Å². The number of fused-ring (bicyclic) bond motifs is 16. The number of halogens is 1. The lowest BCUT2D eigenvalue weighted by atomic mass is 9.33. The maximum absolute atomic E-state index is 6.44. The molecule has 2 N–H and O–H groups in total. The largest absolute Gasteiger partial charge is 0.436 e. The number of hydrogen-bond acceptors (Lipinski definition) is 10. The Kier molecular flexibility index (Phi) is 17.6. The molecule has 0 fully saturated rings. The molecule has 19 aromatic rings. The van der Waals surface area contributed by atoms with E-state index in [0.717, 1.165) is 113 Å². The van der Waals surface area contributed by atoms with E-state index >= 15 is 0 Å². The van der Waals surface area contributed by atoms with Crippen molar-refractivity contribution in [3.63, 3.8) is 0 Å². The highest BCUT2D eigenvalue weighted by atomic mass is 127. The Bertz CT molecular complexity index is 6950. The van der Waals surface area contributed by atoms with Gasteiger partial charge in [0.15, 0.2) is 11.2 Å². The average Bonchev–Trinajstić information content (AvgIpc) is 1.58. The van der Waals surface area contributed by atoms with Gasteiger partial charge in [0, 0.05) is 106 Å². The van der Waals surface area contributed by atoms with E-state index in [4.69, 9.17) is 28.8 Å². The minimum absolute atomic E-state index is 0. The minimum atomic E-state index is -0.122. The Morgan fingerprint density at radius 2 is 0.774 bits per heavy atom. The van der Waals surface area contributed by atoms with E-state index in [1.54, 1.807) is 0 Å². The number of para-hydroxylation sites is 8. The van der Waals surface area contributed by atoms with Gasteiger partial charge in [-0.05, 0) is 247 Å². The molecule has 13 aromatic carbocycles. The molecule has 0 saturated carbocycles. The summed E-state index contributed by atoms with van der Waals surface area (Å²) in [6.07, 6.45) is 3.74. The van der Waals surface area contributed by atoms with Crippen LogP contribution in [0.2, 0.25) is 0 Å². The van der Waals surface area contributed by atoms with Gasteiger partial charge < -0.3 is 29.3 Å². The number of hydrogen-bond donors (Lipinski definition) is 2. The number of benzene rings is 13. The molecule has 0 saturated heterocycles. The second kappa shape index (κ2) is 28.1. The fourth-order valence-corrected chi connectivity index (χ4v) is 17.8. The number of pyridine rings is 2. The van der Waals surface area contributed by atoms with Gasteiger partial charge in [-0.2, -0.15) is 0 Å². The van der Waals surface area contributed by atoms with Crippen molar-refractivity contribution >= 4 is 191 Å². The predicted molar refractivity (Wildman–Crippen MR) is 491 cm³/mol. The van der Waals surface area contributed by atoms with Crippen molar-refractivity contribution in [2.75, 3.05) is 20.4 Å². The molecule has 4 aliphatic rings. The summed E-state index contributed by atoms with van der Waals surface area (Å²) in [5.74, 6) is 3.04. The second-order valence-electron chi connectivity index (χ2n) is 31.7. The molecule has 4 aliphatic heterocycles. The van der Waals surface area contributed by atoms with Gasteiger partial charge in [-0.25, -0.2) is 19.9 Å². The fraction of sp³-hybridized carbons (Fsp3) is 0.100. The summed E-state index contributed by atoms with van der Waals surface area (Å²) in [6, 6.07) is 110. The summed E-state index contributed by atoms with van der Waals surface area (Å²) in [6.45, 7) is 13.6. The van der Waals surface area contributed by atoms with Crippen LogP contribution in [-0.2, 0) is 10.8 Å². The third kappa shape index (κ3) is 12.1. The number of anilines is 10. The molecule has 15 heteroatoms. The SMILES string of the molecule is C.C.CC(C)(C)c1cc2c3c(c1)N(c1ccccc1)c1cc4c5ccccc5n(-c5ccccn5)c4cc1B3c1cc(-c3nc4ccccc4o3)ccc1N2c1ccccc1.CC(C)(C)c1cc2c3c(c1)Nc1cc4c5ccccc5n(-c5ccccn5)c4cc1B3c1cc(-c3nc4ccccc4o3)ccc1N2.Ic1ccccc1. The molecule has 6 aromatic heterocycles. The van der Waals surface area contributed by atoms with E-state index in [0.29, 0.717) is 11.8 Å². The Morgan fingerprint density at radius 3 is 1.30 bits per heavy atom. The quantitative estimate of drug-likeness (QED) is 0.123. The molecule has 0 aliphatic carbocycles. The normalized spacial score (nSPS) is 12.8. The first kappa shape index (κ1) is 72.0. The summed E-state index contributed by atoms with van der Waals surface area (Å²) in [4.78, 5) is 24.5. The number of nitrogens with zero attached hydrogens (tertiary/aromatic N) is 8. The second-order valence-corrected chi connectivity index (χ2v) is 32.9. The first-order chi connectivity index (χ1) is 55.2. The van der Waals surface area contributed by atoms with E-state index in [2.05, 4.69) is 324 Å². The average molecular weight is 1600 g/mol. The van der Waals surface area contributed by atoms with Gasteiger partial charge in [0.05, 0.1) is 22.1 Å². The van der Waals surface area contributed by atoms with Crippen LogP contribution < -0.4 is 53.2 Å². The minimum Gasteiger partial charge on any atom is -0.436 e. The molecule has 0 atom stereocenters. The van der Waals surface area contributed by atoms with Crippen molar-refractivity contribution in [3.8, 4) is 34.5 Å². The lowest BCUT2D eigenvalue weighted by Crippen LogP contribution is -2.61. The van der Waals surface area contributed by atoms with Gasteiger partial charge in [0.2, 0.25) is 11.8 Å². The van der Waals surface area contributed by atoms with Crippen molar-refractivity contribution < 1.29 is 8.83 Å². The third-order valence-corrected chi connectivity index (χ3v) is 23.4. The highest BCUT2D eigenvalue weighted by Gasteiger charge is 2.46. The van der Waals surface area contributed by atoms with Crippen LogP contribution in [0.3, 0.4) is 0 Å². The van der Waals surface area contributed by atoms with Gasteiger partial charge in [-0.15, -0.1) is 0 Å². The van der Waals surface area contributed by atoms with Crippen LogP contribution in [0.15, 0.2) is 331 Å². The molecule has 23 rings (SSSR count). The molecule has 0 radical (unpaired) electrons. The fourth-order valence-electron chi connectivity index (χ4n) is 17.4. The number of rotatable bonds is 6. The zero-order chi connectivity index (χ0) is 76.0. The van der Waals surface area contributed by atoms with Crippen LogP contribution in [0.1, 0.15) is 67.5 Å². The van der Waals surface area contributed by atoms with Crippen LogP contribution in [0, 0.1) is 3.57 Å². The summed E-state index contributed by atoms with van der Waals surface area (Å²) >= 11 is 2.28. The Morgan fingerprint density at radius 1 is 0.339 bits per heavy atom. The Labute approximate surface area is 683 Å². The topological polar surface area (TPSA) is 118 Å². The molecule has 0 unspecified atom stereocenters. The maximum atomic E-state index is 6.44. The van der Waals surface area contributed by atoms with E-state index in [1.165, 1.54) is 80.4 Å². The van der Waals surface area contributed by atoms with Gasteiger partial charge in [-0.1, -0.05) is 196 Å². The third-order valence-electron chi connectivity index (χ3n) is 22.7. The molecule has 556 valence electrons. The van der Waals surface area contributed by atoms with E-state index in [1.807, 2.05) is 91.3 Å². The summed E-state index contributed by atoms with van der Waals surface area (Å²) in [5.41, 5.74) is 30.9. The molecule has 115 heavy (non-hydrogen) atoms. The van der Waals surface area contributed by atoms with Gasteiger partial charge in [-0.3, -0.25) is 9.13 Å². The summed E-state index contributed by atoms with van der Waals surface area (Å²) < 4.78 is 18.6. The standard InChI is InChI=1S/C52H38BN5O.C40H30BN5O.C6H5I.2CH4/c1-52(2,3)34-29-46-50-47(30-34)57(36-18-8-5-9-19-36)45-31-38-37-20-10-12-22-42(37)58(49-24-14-15-27-54-49)44(38)32-40(45)53(50)39-28-33(51-55-41-21-11-13-23-48(41)59-51)25-26-43(39)56(46)35-16-6-4-7-17-35;1-40(2,3)24-19-32-38-33(20-24)44-31-21-26-25-10-4-6-12-34(25)46(37-14-8-9-17-42-37)35(26)22-28(31)41(38)27-18-23(15-16-29(27)43-32)39-45-30-11-5-7-13-36(30)47-39;7-6-4-2-1-3-5-6;;/h4-32H,1-3H3;4-22,43-44H,1-3H3;1-5H;2*1H4. The predicted octanol–water partition coefficient (Wildman–Crippen LogP) is 22.8.